The molecule has 24 heavy (non-hydrogen) atoms. The molecule has 0 saturated heterocycles. The highest BCUT2D eigenvalue weighted by atomic mass is 35.5. The van der Waals surface area contributed by atoms with Gasteiger partial charge in [-0.25, -0.2) is 0 Å². The highest BCUT2D eigenvalue weighted by molar-refractivity contribution is 6.42. The molecule has 0 aliphatic rings. The molecular formula is C21H24Cl2O. The van der Waals surface area contributed by atoms with E-state index in [4.69, 9.17) is 27.6 Å². The maximum absolute atomic E-state index is 6.05. The number of halogens is 2. The molecule has 0 aliphatic carbocycles. The summed E-state index contributed by atoms with van der Waals surface area (Å²) >= 11 is 12.1. The topological polar surface area (TPSA) is 13.1 Å². The number of benzene rings is 1. The normalized spacial score (nSPS) is 11.8. The van der Waals surface area contributed by atoms with Crippen LogP contribution in [0, 0.1) is 0 Å². The van der Waals surface area contributed by atoms with Crippen molar-refractivity contribution in [2.45, 2.75) is 46.5 Å². The third-order valence-electron chi connectivity index (χ3n) is 3.94. The molecular weight excluding hydrogens is 339 g/mol. The van der Waals surface area contributed by atoms with E-state index in [0.717, 1.165) is 48.0 Å². The summed E-state index contributed by atoms with van der Waals surface area (Å²) < 4.78 is 5.84. The molecule has 0 aliphatic heterocycles. The van der Waals surface area contributed by atoms with Crippen LogP contribution >= 0.6 is 23.2 Å². The Kier molecular flexibility index (Phi) is 6.77. The van der Waals surface area contributed by atoms with Crippen molar-refractivity contribution in [2.75, 3.05) is 0 Å². The molecule has 0 saturated carbocycles. The van der Waals surface area contributed by atoms with Crippen LogP contribution in [0.2, 0.25) is 10.0 Å². The molecule has 0 bridgehead atoms. The fourth-order valence-electron chi connectivity index (χ4n) is 2.52. The van der Waals surface area contributed by atoms with Crippen LogP contribution < -0.4 is 0 Å². The maximum atomic E-state index is 6.05. The molecule has 0 spiro atoms. The Bertz CT molecular complexity index is 751. The predicted octanol–water partition coefficient (Wildman–Crippen LogP) is 8.23. The molecule has 3 heteroatoms. The van der Waals surface area contributed by atoms with Gasteiger partial charge in [0.2, 0.25) is 0 Å². The van der Waals surface area contributed by atoms with Crippen LogP contribution in [-0.2, 0) is 0 Å². The summed E-state index contributed by atoms with van der Waals surface area (Å²) in [7, 11) is 0. The van der Waals surface area contributed by atoms with Gasteiger partial charge in [0.25, 0.3) is 0 Å². The lowest BCUT2D eigenvalue weighted by Gasteiger charge is -2.02. The quantitative estimate of drug-likeness (QED) is 0.452. The van der Waals surface area contributed by atoms with Crippen molar-refractivity contribution in [3.63, 3.8) is 0 Å². The zero-order valence-electron chi connectivity index (χ0n) is 14.6. The van der Waals surface area contributed by atoms with Crippen LogP contribution in [0.15, 0.2) is 52.5 Å². The van der Waals surface area contributed by atoms with E-state index in [2.05, 4.69) is 39.5 Å². The molecule has 2 rings (SSSR count). The molecule has 0 radical (unpaired) electrons. The standard InChI is InChI=1S/C21H24Cl2O/c1-14(2)7-5-8-15(3)9-6-10-16(4)20-12-17-11-18(22)19(23)13-21(17)24-20/h7,9,11-13H,4-6,8,10H2,1-3H3/b15-9+. The monoisotopic (exact) mass is 362 g/mol. The Labute approximate surface area is 154 Å². The zero-order chi connectivity index (χ0) is 17.7. The van der Waals surface area contributed by atoms with E-state index < -0.39 is 0 Å². The lowest BCUT2D eigenvalue weighted by Crippen LogP contribution is -1.81. The van der Waals surface area contributed by atoms with E-state index in [-0.39, 0.29) is 0 Å². The van der Waals surface area contributed by atoms with Gasteiger partial charge in [-0.1, -0.05) is 53.1 Å². The Balaban J connectivity index is 1.94. The average molecular weight is 363 g/mol. The third-order valence-corrected chi connectivity index (χ3v) is 4.66. The fraction of sp³-hybridized carbons (Fsp3) is 0.333. The van der Waals surface area contributed by atoms with Crippen molar-refractivity contribution in [3.05, 3.63) is 63.9 Å². The van der Waals surface area contributed by atoms with Crippen molar-refractivity contribution in [1.29, 1.82) is 0 Å². The summed E-state index contributed by atoms with van der Waals surface area (Å²) in [6, 6.07) is 5.56. The van der Waals surface area contributed by atoms with E-state index >= 15 is 0 Å². The van der Waals surface area contributed by atoms with Gasteiger partial charge in [-0.3, -0.25) is 0 Å². The molecule has 0 N–H and O–H groups in total. The molecule has 1 aromatic carbocycles. The third kappa shape index (κ3) is 5.29. The Morgan fingerprint density at radius 2 is 1.67 bits per heavy atom. The van der Waals surface area contributed by atoms with Crippen molar-refractivity contribution in [3.8, 4) is 0 Å². The van der Waals surface area contributed by atoms with Gasteiger partial charge in [0.15, 0.2) is 0 Å². The summed E-state index contributed by atoms with van der Waals surface area (Å²) in [5.41, 5.74) is 4.53. The van der Waals surface area contributed by atoms with Crippen molar-refractivity contribution in [2.24, 2.45) is 0 Å². The van der Waals surface area contributed by atoms with E-state index in [1.54, 1.807) is 6.07 Å². The SMILES string of the molecule is C=C(CC/C=C(\C)CCC=C(C)C)c1cc2cc(Cl)c(Cl)cc2o1. The lowest BCUT2D eigenvalue weighted by atomic mass is 10.1. The molecule has 128 valence electrons. The summed E-state index contributed by atoms with van der Waals surface area (Å²) in [5.74, 6) is 0.805. The van der Waals surface area contributed by atoms with Gasteiger partial charge in [0.05, 0.1) is 10.0 Å². The molecule has 1 nitrogen and oxygen atoms in total. The molecule has 2 aromatic rings. The first-order chi connectivity index (χ1) is 11.4. The molecule has 0 fully saturated rings. The smallest absolute Gasteiger partial charge is 0.136 e. The van der Waals surface area contributed by atoms with Crippen LogP contribution in [0.25, 0.3) is 16.5 Å². The minimum absolute atomic E-state index is 0.505. The molecule has 1 aromatic heterocycles. The first kappa shape index (κ1) is 18.9. The van der Waals surface area contributed by atoms with Crippen LogP contribution in [0.5, 0.6) is 0 Å². The van der Waals surface area contributed by atoms with E-state index in [9.17, 15) is 0 Å². The van der Waals surface area contributed by atoms with E-state index in [1.807, 2.05) is 12.1 Å². The first-order valence-corrected chi connectivity index (χ1v) is 8.98. The highest BCUT2D eigenvalue weighted by Gasteiger charge is 2.09. The summed E-state index contributed by atoms with van der Waals surface area (Å²) in [4.78, 5) is 0. The first-order valence-electron chi connectivity index (χ1n) is 8.22. The second-order valence-corrected chi connectivity index (χ2v) is 7.24. The average Bonchev–Trinajstić information content (AvgIpc) is 2.90. The number of furan rings is 1. The van der Waals surface area contributed by atoms with Crippen LogP contribution in [0.4, 0.5) is 0 Å². The summed E-state index contributed by atoms with van der Waals surface area (Å²) in [6.45, 7) is 10.6. The van der Waals surface area contributed by atoms with Crippen molar-refractivity contribution in [1.82, 2.24) is 0 Å². The Morgan fingerprint density at radius 3 is 2.38 bits per heavy atom. The van der Waals surface area contributed by atoms with Crippen molar-refractivity contribution >= 4 is 39.7 Å². The number of rotatable bonds is 7. The predicted molar refractivity (Wildman–Crippen MR) is 107 cm³/mol. The van der Waals surface area contributed by atoms with Gasteiger partial charge >= 0.3 is 0 Å². The Hall–Kier alpha value is -1.44. The second-order valence-electron chi connectivity index (χ2n) is 6.43. The van der Waals surface area contributed by atoms with E-state index in [1.165, 1.54) is 11.1 Å². The van der Waals surface area contributed by atoms with E-state index in [0.29, 0.717) is 10.0 Å². The van der Waals surface area contributed by atoms with Gasteiger partial charge in [-0.15, -0.1) is 0 Å². The van der Waals surface area contributed by atoms with Gasteiger partial charge in [0.1, 0.15) is 11.3 Å². The van der Waals surface area contributed by atoms with Crippen LogP contribution in [0.1, 0.15) is 52.2 Å². The fourth-order valence-corrected chi connectivity index (χ4v) is 2.84. The summed E-state index contributed by atoms with van der Waals surface area (Å²) in [6.07, 6.45) is 8.64. The van der Waals surface area contributed by atoms with Crippen molar-refractivity contribution < 1.29 is 4.42 Å². The number of hydrogen-bond donors (Lipinski definition) is 0. The minimum atomic E-state index is 0.505. The second kappa shape index (κ2) is 8.60. The minimum Gasteiger partial charge on any atom is -0.456 e. The van der Waals surface area contributed by atoms with Crippen LogP contribution in [-0.4, -0.2) is 0 Å². The zero-order valence-corrected chi connectivity index (χ0v) is 16.1. The number of allylic oxidation sites excluding steroid dienone is 5. The Morgan fingerprint density at radius 1 is 1.00 bits per heavy atom. The van der Waals surface area contributed by atoms with Gasteiger partial charge in [0, 0.05) is 11.5 Å². The lowest BCUT2D eigenvalue weighted by molar-refractivity contribution is 0.596. The summed E-state index contributed by atoms with van der Waals surface area (Å²) in [5, 5.41) is 2.00. The highest BCUT2D eigenvalue weighted by Crippen LogP contribution is 2.32. The van der Waals surface area contributed by atoms with Crippen LogP contribution in [0.3, 0.4) is 0 Å². The maximum Gasteiger partial charge on any atom is 0.136 e. The number of fused-ring (bicyclic) bond motifs is 1. The molecule has 0 atom stereocenters. The van der Waals surface area contributed by atoms with Gasteiger partial charge in [-0.05, 0) is 64.2 Å². The number of hydrogen-bond acceptors (Lipinski definition) is 1. The molecule has 0 amide bonds. The van der Waals surface area contributed by atoms with Gasteiger partial charge < -0.3 is 4.42 Å². The van der Waals surface area contributed by atoms with Gasteiger partial charge in [-0.2, -0.15) is 0 Å². The largest absolute Gasteiger partial charge is 0.456 e. The molecule has 0 unspecified atom stereocenters. The molecule has 1 heterocycles.